The predicted molar refractivity (Wildman–Crippen MR) is 67.7 cm³/mol. The Morgan fingerprint density at radius 2 is 2.12 bits per heavy atom. The third kappa shape index (κ3) is 2.27. The van der Waals surface area contributed by atoms with Crippen molar-refractivity contribution in [1.29, 1.82) is 0 Å². The molecule has 0 amide bonds. The molecule has 1 aliphatic rings. The number of nitrogens with zero attached hydrogens (tertiary/aromatic N) is 1. The maximum absolute atomic E-state index is 9.07. The largest absolute Gasteiger partial charge is 0.392 e. The Balaban J connectivity index is 2.21. The van der Waals surface area contributed by atoms with Crippen molar-refractivity contribution in [3.05, 3.63) is 41.0 Å². The quantitative estimate of drug-likeness (QED) is 0.770. The molecule has 0 saturated carbocycles. The van der Waals surface area contributed by atoms with E-state index in [0.717, 1.165) is 25.1 Å². The average Bonchev–Trinajstić information content (AvgIpc) is 2.30. The SMILES string of the molecule is CC1=CCN(c2ccc(CO)cc2C)CC1. The fourth-order valence-electron chi connectivity index (χ4n) is 2.16. The van der Waals surface area contributed by atoms with Crippen molar-refractivity contribution in [3.63, 3.8) is 0 Å². The van der Waals surface area contributed by atoms with Crippen LogP contribution in [0.15, 0.2) is 29.8 Å². The van der Waals surface area contributed by atoms with E-state index >= 15 is 0 Å². The van der Waals surface area contributed by atoms with Crippen molar-refractivity contribution in [2.24, 2.45) is 0 Å². The lowest BCUT2D eigenvalue weighted by atomic mass is 10.1. The number of aryl methyl sites for hydroxylation is 1. The van der Waals surface area contributed by atoms with E-state index in [2.05, 4.69) is 37.0 Å². The second kappa shape index (κ2) is 4.71. The van der Waals surface area contributed by atoms with Gasteiger partial charge in [-0.3, -0.25) is 0 Å². The minimum Gasteiger partial charge on any atom is -0.392 e. The van der Waals surface area contributed by atoms with Crippen LogP contribution < -0.4 is 4.90 Å². The highest BCUT2D eigenvalue weighted by atomic mass is 16.3. The third-order valence-electron chi connectivity index (χ3n) is 3.22. The maximum atomic E-state index is 9.07. The standard InChI is InChI=1S/C14H19NO/c1-11-5-7-15(8-6-11)14-4-3-13(10-16)9-12(14)2/h3-5,9,16H,6-8,10H2,1-2H3. The molecule has 0 spiro atoms. The molecule has 1 aromatic rings. The van der Waals surface area contributed by atoms with Gasteiger partial charge < -0.3 is 10.0 Å². The van der Waals surface area contributed by atoms with E-state index in [4.69, 9.17) is 5.11 Å². The molecule has 0 aromatic heterocycles. The normalized spacial score (nSPS) is 16.2. The lowest BCUT2D eigenvalue weighted by Crippen LogP contribution is -2.28. The molecule has 0 atom stereocenters. The predicted octanol–water partition coefficient (Wildman–Crippen LogP) is 2.64. The van der Waals surface area contributed by atoms with Crippen molar-refractivity contribution in [2.75, 3.05) is 18.0 Å². The number of aliphatic hydroxyl groups excluding tert-OH is 1. The van der Waals surface area contributed by atoms with Gasteiger partial charge in [0.15, 0.2) is 0 Å². The van der Waals surface area contributed by atoms with Crippen LogP contribution in [0.1, 0.15) is 24.5 Å². The van der Waals surface area contributed by atoms with Crippen molar-refractivity contribution in [2.45, 2.75) is 26.9 Å². The highest BCUT2D eigenvalue weighted by Crippen LogP contribution is 2.24. The number of benzene rings is 1. The molecule has 1 heterocycles. The average molecular weight is 217 g/mol. The highest BCUT2D eigenvalue weighted by molar-refractivity contribution is 5.55. The number of aliphatic hydroxyl groups is 1. The molecule has 0 radical (unpaired) electrons. The van der Waals surface area contributed by atoms with Crippen LogP contribution in [0.4, 0.5) is 5.69 Å². The van der Waals surface area contributed by atoms with Gasteiger partial charge in [0.2, 0.25) is 0 Å². The molecule has 2 heteroatoms. The van der Waals surface area contributed by atoms with Crippen LogP contribution in [0.25, 0.3) is 0 Å². The summed E-state index contributed by atoms with van der Waals surface area (Å²) in [5, 5.41) is 9.07. The smallest absolute Gasteiger partial charge is 0.0681 e. The molecule has 0 saturated heterocycles. The van der Waals surface area contributed by atoms with Gasteiger partial charge in [-0.2, -0.15) is 0 Å². The van der Waals surface area contributed by atoms with Crippen LogP contribution in [-0.2, 0) is 6.61 Å². The molecular formula is C14H19NO. The molecule has 1 aliphatic heterocycles. The molecule has 0 aliphatic carbocycles. The second-order valence-corrected chi connectivity index (χ2v) is 4.53. The minimum atomic E-state index is 0.125. The van der Waals surface area contributed by atoms with E-state index in [1.807, 2.05) is 6.07 Å². The first-order chi connectivity index (χ1) is 7.70. The van der Waals surface area contributed by atoms with Gasteiger partial charge in [-0.1, -0.05) is 23.8 Å². The van der Waals surface area contributed by atoms with E-state index < -0.39 is 0 Å². The fraction of sp³-hybridized carbons (Fsp3) is 0.429. The molecule has 2 nitrogen and oxygen atoms in total. The van der Waals surface area contributed by atoms with Crippen LogP contribution in [0.5, 0.6) is 0 Å². The first kappa shape index (κ1) is 11.2. The highest BCUT2D eigenvalue weighted by Gasteiger charge is 2.12. The maximum Gasteiger partial charge on any atom is 0.0681 e. The van der Waals surface area contributed by atoms with Crippen LogP contribution in [-0.4, -0.2) is 18.2 Å². The second-order valence-electron chi connectivity index (χ2n) is 4.53. The topological polar surface area (TPSA) is 23.5 Å². The van der Waals surface area contributed by atoms with Crippen molar-refractivity contribution in [3.8, 4) is 0 Å². The van der Waals surface area contributed by atoms with Gasteiger partial charge in [0.1, 0.15) is 0 Å². The van der Waals surface area contributed by atoms with Gasteiger partial charge in [0.25, 0.3) is 0 Å². The Morgan fingerprint density at radius 3 is 2.69 bits per heavy atom. The van der Waals surface area contributed by atoms with E-state index in [1.54, 1.807) is 0 Å². The fourth-order valence-corrected chi connectivity index (χ4v) is 2.16. The molecule has 1 aromatic carbocycles. The Kier molecular flexibility index (Phi) is 3.30. The summed E-state index contributed by atoms with van der Waals surface area (Å²) in [6.07, 6.45) is 3.45. The summed E-state index contributed by atoms with van der Waals surface area (Å²) >= 11 is 0. The summed E-state index contributed by atoms with van der Waals surface area (Å²) in [5.41, 5.74) is 5.02. The molecule has 2 rings (SSSR count). The first-order valence-electron chi connectivity index (χ1n) is 5.81. The molecule has 0 bridgehead atoms. The molecule has 0 unspecified atom stereocenters. The monoisotopic (exact) mass is 217 g/mol. The van der Waals surface area contributed by atoms with Gasteiger partial charge in [-0.25, -0.2) is 0 Å². The van der Waals surface area contributed by atoms with Gasteiger partial charge in [0.05, 0.1) is 6.61 Å². The number of hydrogen-bond acceptors (Lipinski definition) is 2. The van der Waals surface area contributed by atoms with Crippen molar-refractivity contribution in [1.82, 2.24) is 0 Å². The van der Waals surface area contributed by atoms with Gasteiger partial charge in [-0.05, 0) is 37.5 Å². The van der Waals surface area contributed by atoms with Crippen molar-refractivity contribution >= 4 is 5.69 Å². The number of anilines is 1. The van der Waals surface area contributed by atoms with Crippen molar-refractivity contribution < 1.29 is 5.11 Å². The van der Waals surface area contributed by atoms with E-state index in [-0.39, 0.29) is 6.61 Å². The zero-order chi connectivity index (χ0) is 11.5. The van der Waals surface area contributed by atoms with Gasteiger partial charge in [0, 0.05) is 18.8 Å². The molecular weight excluding hydrogens is 198 g/mol. The summed E-state index contributed by atoms with van der Waals surface area (Å²) in [5.74, 6) is 0. The summed E-state index contributed by atoms with van der Waals surface area (Å²) in [6, 6.07) is 6.20. The Labute approximate surface area is 97.2 Å². The zero-order valence-corrected chi connectivity index (χ0v) is 10.0. The van der Waals surface area contributed by atoms with E-state index in [1.165, 1.54) is 16.8 Å². The summed E-state index contributed by atoms with van der Waals surface area (Å²) in [6.45, 7) is 6.53. The Hall–Kier alpha value is -1.28. The van der Waals surface area contributed by atoms with E-state index in [0.29, 0.717) is 0 Å². The van der Waals surface area contributed by atoms with Crippen LogP contribution in [0, 0.1) is 6.92 Å². The number of rotatable bonds is 2. The summed E-state index contributed by atoms with van der Waals surface area (Å²) in [7, 11) is 0. The molecule has 1 N–H and O–H groups in total. The zero-order valence-electron chi connectivity index (χ0n) is 10.0. The third-order valence-corrected chi connectivity index (χ3v) is 3.22. The number of hydrogen-bond donors (Lipinski definition) is 1. The van der Waals surface area contributed by atoms with Crippen LogP contribution in [0.2, 0.25) is 0 Å². The Morgan fingerprint density at radius 1 is 1.31 bits per heavy atom. The van der Waals surface area contributed by atoms with Crippen LogP contribution >= 0.6 is 0 Å². The van der Waals surface area contributed by atoms with Crippen LogP contribution in [0.3, 0.4) is 0 Å². The first-order valence-corrected chi connectivity index (χ1v) is 5.81. The lowest BCUT2D eigenvalue weighted by Gasteiger charge is -2.29. The minimum absolute atomic E-state index is 0.125. The van der Waals surface area contributed by atoms with Gasteiger partial charge in [-0.15, -0.1) is 0 Å². The van der Waals surface area contributed by atoms with Gasteiger partial charge >= 0.3 is 0 Å². The lowest BCUT2D eigenvalue weighted by molar-refractivity contribution is 0.282. The summed E-state index contributed by atoms with van der Waals surface area (Å²) < 4.78 is 0. The molecule has 86 valence electrons. The molecule has 16 heavy (non-hydrogen) atoms. The van der Waals surface area contributed by atoms with E-state index in [9.17, 15) is 0 Å². The molecule has 0 fully saturated rings. The Bertz CT molecular complexity index is 409. The summed E-state index contributed by atoms with van der Waals surface area (Å²) in [4.78, 5) is 2.39.